The number of benzene rings is 2. The molecule has 8 nitrogen and oxygen atoms in total. The quantitative estimate of drug-likeness (QED) is 0.553. The molecular weight excluding hydrogens is 418 g/mol. The monoisotopic (exact) mass is 435 g/mol. The van der Waals surface area contributed by atoms with E-state index < -0.39 is 22.8 Å². The predicted octanol–water partition coefficient (Wildman–Crippen LogP) is 3.20. The van der Waals surface area contributed by atoms with E-state index in [1.54, 1.807) is 0 Å². The fourth-order valence-electron chi connectivity index (χ4n) is 2.43. The van der Waals surface area contributed by atoms with Crippen LogP contribution in [0, 0.1) is 24.0 Å². The molecule has 2 rings (SSSR count). The van der Waals surface area contributed by atoms with Gasteiger partial charge in [-0.15, -0.1) is 0 Å². The van der Waals surface area contributed by atoms with Crippen molar-refractivity contribution in [3.05, 3.63) is 67.7 Å². The molecule has 2 amide bonds. The standard InChI is InChI=1S/C18H18BrN3O5/c1-10-8-13(19)9-11(2)16(10)27-12(3)17(23)20-21-18(24)14-6-4-5-7-15(14)22(25)26/h4-9,12H,1-3H3,(H,20,23)(H,21,24). The molecule has 2 aromatic rings. The Balaban J connectivity index is 2.02. The van der Waals surface area contributed by atoms with Gasteiger partial charge in [-0.1, -0.05) is 28.1 Å². The molecule has 27 heavy (non-hydrogen) atoms. The van der Waals surface area contributed by atoms with Gasteiger partial charge in [-0.25, -0.2) is 0 Å². The van der Waals surface area contributed by atoms with Crippen molar-refractivity contribution in [3.63, 3.8) is 0 Å². The van der Waals surface area contributed by atoms with E-state index in [0.29, 0.717) is 5.75 Å². The largest absolute Gasteiger partial charge is 0.480 e. The number of amides is 2. The minimum absolute atomic E-state index is 0.157. The summed E-state index contributed by atoms with van der Waals surface area (Å²) in [7, 11) is 0. The number of hydrogen-bond donors (Lipinski definition) is 2. The number of aryl methyl sites for hydroxylation is 2. The van der Waals surface area contributed by atoms with Crippen molar-refractivity contribution < 1.29 is 19.2 Å². The van der Waals surface area contributed by atoms with Gasteiger partial charge in [-0.3, -0.25) is 30.6 Å². The first-order valence-electron chi connectivity index (χ1n) is 7.97. The summed E-state index contributed by atoms with van der Waals surface area (Å²) in [5.74, 6) is -0.812. The fourth-order valence-corrected chi connectivity index (χ4v) is 3.11. The summed E-state index contributed by atoms with van der Waals surface area (Å²) in [4.78, 5) is 34.6. The molecule has 0 aromatic heterocycles. The van der Waals surface area contributed by atoms with Gasteiger partial charge in [0, 0.05) is 10.5 Å². The zero-order valence-electron chi connectivity index (χ0n) is 14.9. The summed E-state index contributed by atoms with van der Waals surface area (Å²) in [5.41, 5.74) is 5.59. The topological polar surface area (TPSA) is 111 Å². The predicted molar refractivity (Wildman–Crippen MR) is 102 cm³/mol. The third-order valence-electron chi connectivity index (χ3n) is 3.73. The van der Waals surface area contributed by atoms with Gasteiger partial charge in [-0.05, 0) is 50.1 Å². The van der Waals surface area contributed by atoms with Crippen LogP contribution >= 0.6 is 15.9 Å². The highest BCUT2D eigenvalue weighted by atomic mass is 79.9. The van der Waals surface area contributed by atoms with Crippen molar-refractivity contribution in [2.45, 2.75) is 26.9 Å². The Morgan fingerprint density at radius 3 is 2.33 bits per heavy atom. The lowest BCUT2D eigenvalue weighted by Gasteiger charge is -2.18. The zero-order valence-corrected chi connectivity index (χ0v) is 16.5. The van der Waals surface area contributed by atoms with Crippen molar-refractivity contribution in [1.82, 2.24) is 10.9 Å². The van der Waals surface area contributed by atoms with Crippen LogP contribution in [0.15, 0.2) is 40.9 Å². The van der Waals surface area contributed by atoms with Gasteiger partial charge in [0.2, 0.25) is 0 Å². The lowest BCUT2D eigenvalue weighted by Crippen LogP contribution is -2.47. The van der Waals surface area contributed by atoms with Crippen LogP contribution in [0.1, 0.15) is 28.4 Å². The van der Waals surface area contributed by atoms with Crippen molar-refractivity contribution in [1.29, 1.82) is 0 Å². The Hall–Kier alpha value is -2.94. The van der Waals surface area contributed by atoms with Crippen LogP contribution in [-0.2, 0) is 4.79 Å². The molecule has 0 fully saturated rings. The number of rotatable bonds is 5. The average molecular weight is 436 g/mol. The van der Waals surface area contributed by atoms with E-state index in [0.717, 1.165) is 15.6 Å². The van der Waals surface area contributed by atoms with Crippen LogP contribution in [0.3, 0.4) is 0 Å². The Labute approximate surface area is 164 Å². The molecule has 0 saturated carbocycles. The first kappa shape index (κ1) is 20.4. The van der Waals surface area contributed by atoms with Crippen LogP contribution in [0.2, 0.25) is 0 Å². The summed E-state index contributed by atoms with van der Waals surface area (Å²) in [6, 6.07) is 9.18. The average Bonchev–Trinajstić information content (AvgIpc) is 2.62. The van der Waals surface area contributed by atoms with Crippen molar-refractivity contribution in [2.24, 2.45) is 0 Å². The number of para-hydroxylation sites is 1. The van der Waals surface area contributed by atoms with Gasteiger partial charge >= 0.3 is 0 Å². The molecule has 1 atom stereocenters. The molecule has 0 heterocycles. The van der Waals surface area contributed by atoms with Crippen LogP contribution < -0.4 is 15.6 Å². The number of nitro groups is 1. The molecule has 142 valence electrons. The molecule has 0 spiro atoms. The first-order chi connectivity index (χ1) is 12.7. The van der Waals surface area contributed by atoms with E-state index in [2.05, 4.69) is 26.8 Å². The molecule has 0 saturated heterocycles. The first-order valence-corrected chi connectivity index (χ1v) is 8.77. The van der Waals surface area contributed by atoms with E-state index >= 15 is 0 Å². The third-order valence-corrected chi connectivity index (χ3v) is 4.19. The van der Waals surface area contributed by atoms with E-state index in [1.165, 1.54) is 31.2 Å². The number of hydrazine groups is 1. The van der Waals surface area contributed by atoms with Gasteiger partial charge in [-0.2, -0.15) is 0 Å². The number of carbonyl (C=O) groups excluding carboxylic acids is 2. The minimum Gasteiger partial charge on any atom is -0.480 e. The van der Waals surface area contributed by atoms with Gasteiger partial charge < -0.3 is 4.74 Å². The van der Waals surface area contributed by atoms with E-state index in [9.17, 15) is 19.7 Å². The summed E-state index contributed by atoms with van der Waals surface area (Å²) < 4.78 is 6.60. The molecule has 0 aliphatic rings. The second kappa shape index (κ2) is 8.63. The molecule has 2 N–H and O–H groups in total. The lowest BCUT2D eigenvalue weighted by atomic mass is 10.1. The molecule has 9 heteroatoms. The molecule has 0 radical (unpaired) electrons. The van der Waals surface area contributed by atoms with Gasteiger partial charge in [0.05, 0.1) is 4.92 Å². The highest BCUT2D eigenvalue weighted by Gasteiger charge is 2.21. The van der Waals surface area contributed by atoms with E-state index in [-0.39, 0.29) is 11.3 Å². The number of nitrogens with one attached hydrogen (secondary N) is 2. The minimum atomic E-state index is -0.894. The molecule has 0 bridgehead atoms. The molecular formula is C18H18BrN3O5. The highest BCUT2D eigenvalue weighted by Crippen LogP contribution is 2.28. The summed E-state index contributed by atoms with van der Waals surface area (Å²) in [6.45, 7) is 5.25. The van der Waals surface area contributed by atoms with E-state index in [1.807, 2.05) is 26.0 Å². The maximum absolute atomic E-state index is 12.2. The van der Waals surface area contributed by atoms with Crippen molar-refractivity contribution >= 4 is 33.4 Å². The SMILES string of the molecule is Cc1cc(Br)cc(C)c1OC(C)C(=O)NNC(=O)c1ccccc1[N+](=O)[O-]. The van der Waals surface area contributed by atoms with Crippen LogP contribution in [0.4, 0.5) is 5.69 Å². The number of halogens is 1. The normalized spacial score (nSPS) is 11.4. The maximum Gasteiger partial charge on any atom is 0.282 e. The summed E-state index contributed by atoms with van der Waals surface area (Å²) in [5, 5.41) is 11.0. The zero-order chi connectivity index (χ0) is 20.1. The fraction of sp³-hybridized carbons (Fsp3) is 0.222. The number of ether oxygens (including phenoxy) is 1. The molecule has 2 aromatic carbocycles. The van der Waals surface area contributed by atoms with Crippen molar-refractivity contribution in [2.75, 3.05) is 0 Å². The Morgan fingerprint density at radius 2 is 1.74 bits per heavy atom. The number of hydrogen-bond acceptors (Lipinski definition) is 5. The summed E-state index contributed by atoms with van der Waals surface area (Å²) >= 11 is 3.39. The molecule has 1 unspecified atom stereocenters. The van der Waals surface area contributed by atoms with Crippen molar-refractivity contribution in [3.8, 4) is 5.75 Å². The Bertz CT molecular complexity index is 877. The highest BCUT2D eigenvalue weighted by molar-refractivity contribution is 9.10. The second-order valence-electron chi connectivity index (χ2n) is 5.85. The maximum atomic E-state index is 12.2. The third kappa shape index (κ3) is 5.04. The van der Waals surface area contributed by atoms with Crippen LogP contribution in [-0.4, -0.2) is 22.8 Å². The van der Waals surface area contributed by atoms with Gasteiger partial charge in [0.25, 0.3) is 17.5 Å². The number of nitro benzene ring substituents is 1. The summed E-state index contributed by atoms with van der Waals surface area (Å²) in [6.07, 6.45) is -0.894. The van der Waals surface area contributed by atoms with Crippen LogP contribution in [0.25, 0.3) is 0 Å². The lowest BCUT2D eigenvalue weighted by molar-refractivity contribution is -0.385. The van der Waals surface area contributed by atoms with Gasteiger partial charge in [0.15, 0.2) is 6.10 Å². The molecule has 0 aliphatic heterocycles. The Morgan fingerprint density at radius 1 is 1.15 bits per heavy atom. The smallest absolute Gasteiger partial charge is 0.282 e. The number of nitrogens with zero attached hydrogens (tertiary/aromatic N) is 1. The molecule has 0 aliphatic carbocycles. The van der Waals surface area contributed by atoms with Crippen LogP contribution in [0.5, 0.6) is 5.75 Å². The second-order valence-corrected chi connectivity index (χ2v) is 6.76. The van der Waals surface area contributed by atoms with E-state index in [4.69, 9.17) is 4.74 Å². The van der Waals surface area contributed by atoms with Gasteiger partial charge in [0.1, 0.15) is 11.3 Å². The number of carbonyl (C=O) groups is 2. The Kier molecular flexibility index (Phi) is 6.51.